The SMILES string of the molecule is N#Cc1ccc(N2CCC[C@H](NC(=O)c3cn[nH]c3)C2)c(F)c1. The number of piperidine rings is 1. The molecule has 118 valence electrons. The van der Waals surface area contributed by atoms with Crippen LogP contribution < -0.4 is 10.2 Å². The first kappa shape index (κ1) is 15.0. The van der Waals surface area contributed by atoms with E-state index in [9.17, 15) is 9.18 Å². The number of rotatable bonds is 3. The third-order valence-corrected chi connectivity index (χ3v) is 3.93. The van der Waals surface area contributed by atoms with Gasteiger partial charge in [-0.25, -0.2) is 4.39 Å². The Labute approximate surface area is 132 Å². The number of anilines is 1. The highest BCUT2D eigenvalue weighted by molar-refractivity contribution is 5.93. The number of hydrogen-bond donors (Lipinski definition) is 2. The predicted octanol–water partition coefficient (Wildman–Crippen LogP) is 1.82. The Hall–Kier alpha value is -2.88. The van der Waals surface area contributed by atoms with Crippen LogP contribution in [0.25, 0.3) is 0 Å². The zero-order valence-corrected chi connectivity index (χ0v) is 12.4. The van der Waals surface area contributed by atoms with E-state index in [0.717, 1.165) is 19.4 Å². The first-order chi connectivity index (χ1) is 11.2. The molecule has 0 radical (unpaired) electrons. The lowest BCUT2D eigenvalue weighted by Crippen LogP contribution is -2.48. The van der Waals surface area contributed by atoms with Gasteiger partial charge in [0.15, 0.2) is 0 Å². The lowest BCUT2D eigenvalue weighted by atomic mass is 10.0. The number of nitrogens with one attached hydrogen (secondary N) is 2. The molecule has 2 heterocycles. The molecule has 2 N–H and O–H groups in total. The molecule has 1 fully saturated rings. The molecule has 0 bridgehead atoms. The number of aromatic nitrogens is 2. The van der Waals surface area contributed by atoms with Crippen molar-refractivity contribution >= 4 is 11.6 Å². The molecule has 0 saturated carbocycles. The molecule has 6 nitrogen and oxygen atoms in total. The maximum atomic E-state index is 14.1. The van der Waals surface area contributed by atoms with Gasteiger partial charge in [-0.3, -0.25) is 9.89 Å². The van der Waals surface area contributed by atoms with Crippen LogP contribution in [0.2, 0.25) is 0 Å². The number of carbonyl (C=O) groups excluding carboxylic acids is 1. The topological polar surface area (TPSA) is 84.8 Å². The number of aromatic amines is 1. The molecule has 1 aromatic heterocycles. The van der Waals surface area contributed by atoms with Crippen LogP contribution in [0.5, 0.6) is 0 Å². The first-order valence-corrected chi connectivity index (χ1v) is 7.41. The standard InChI is InChI=1S/C16H16FN5O/c17-14-6-11(7-18)3-4-15(14)22-5-1-2-13(10-22)21-16(23)12-8-19-20-9-12/h3-4,6,8-9,13H,1-2,5,10H2,(H,19,20)(H,21,23)/t13-/m0/s1. The molecule has 3 rings (SSSR count). The quantitative estimate of drug-likeness (QED) is 0.905. The lowest BCUT2D eigenvalue weighted by Gasteiger charge is -2.34. The van der Waals surface area contributed by atoms with E-state index < -0.39 is 5.82 Å². The molecule has 0 spiro atoms. The first-order valence-electron chi connectivity index (χ1n) is 7.41. The molecule has 2 aromatic rings. The molecule has 1 saturated heterocycles. The highest BCUT2D eigenvalue weighted by Crippen LogP contribution is 2.24. The number of carbonyl (C=O) groups is 1. The van der Waals surface area contributed by atoms with Gasteiger partial charge < -0.3 is 10.2 Å². The Morgan fingerprint density at radius 1 is 1.52 bits per heavy atom. The number of benzene rings is 1. The molecule has 1 aromatic carbocycles. The van der Waals surface area contributed by atoms with Crippen molar-refractivity contribution < 1.29 is 9.18 Å². The van der Waals surface area contributed by atoms with Crippen molar-refractivity contribution in [3.8, 4) is 6.07 Å². The molecular weight excluding hydrogens is 297 g/mol. The van der Waals surface area contributed by atoms with Crippen LogP contribution in [0.3, 0.4) is 0 Å². The van der Waals surface area contributed by atoms with E-state index in [2.05, 4.69) is 15.5 Å². The summed E-state index contributed by atoms with van der Waals surface area (Å²) >= 11 is 0. The molecular formula is C16H16FN5O. The fraction of sp³-hybridized carbons (Fsp3) is 0.312. The minimum Gasteiger partial charge on any atom is -0.367 e. The van der Waals surface area contributed by atoms with Crippen molar-refractivity contribution in [3.63, 3.8) is 0 Å². The number of H-pyrrole nitrogens is 1. The minimum atomic E-state index is -0.411. The van der Waals surface area contributed by atoms with Crippen molar-refractivity contribution in [1.82, 2.24) is 15.5 Å². The third kappa shape index (κ3) is 3.31. The van der Waals surface area contributed by atoms with Gasteiger partial charge in [-0.05, 0) is 31.0 Å². The van der Waals surface area contributed by atoms with Crippen molar-refractivity contribution in [3.05, 3.63) is 47.5 Å². The largest absolute Gasteiger partial charge is 0.367 e. The summed E-state index contributed by atoms with van der Waals surface area (Å²) in [6.07, 6.45) is 4.71. The van der Waals surface area contributed by atoms with Crippen LogP contribution in [0.4, 0.5) is 10.1 Å². The van der Waals surface area contributed by atoms with Crippen LogP contribution in [0.1, 0.15) is 28.8 Å². The Balaban J connectivity index is 1.69. The maximum absolute atomic E-state index is 14.1. The number of amides is 1. The van der Waals surface area contributed by atoms with Crippen LogP contribution in [0.15, 0.2) is 30.6 Å². The van der Waals surface area contributed by atoms with E-state index in [1.54, 1.807) is 12.1 Å². The van der Waals surface area contributed by atoms with Crippen molar-refractivity contribution in [2.45, 2.75) is 18.9 Å². The zero-order chi connectivity index (χ0) is 16.2. The molecule has 1 aliphatic heterocycles. The monoisotopic (exact) mass is 313 g/mol. The number of hydrogen-bond acceptors (Lipinski definition) is 4. The second-order valence-corrected chi connectivity index (χ2v) is 5.52. The summed E-state index contributed by atoms with van der Waals surface area (Å²) in [5, 5.41) is 18.1. The minimum absolute atomic E-state index is 0.0545. The fourth-order valence-electron chi connectivity index (χ4n) is 2.79. The average molecular weight is 313 g/mol. The highest BCUT2D eigenvalue weighted by atomic mass is 19.1. The lowest BCUT2D eigenvalue weighted by molar-refractivity contribution is 0.0933. The molecule has 7 heteroatoms. The number of nitriles is 1. The molecule has 1 atom stereocenters. The summed E-state index contributed by atoms with van der Waals surface area (Å²) in [5.41, 5.74) is 1.24. The Morgan fingerprint density at radius 3 is 3.09 bits per heavy atom. The van der Waals surface area contributed by atoms with Gasteiger partial charge in [0.1, 0.15) is 5.82 Å². The summed E-state index contributed by atoms with van der Waals surface area (Å²) < 4.78 is 14.1. The molecule has 23 heavy (non-hydrogen) atoms. The van der Waals surface area contributed by atoms with E-state index in [4.69, 9.17) is 5.26 Å². The van der Waals surface area contributed by atoms with Gasteiger partial charge in [-0.2, -0.15) is 10.4 Å². The van der Waals surface area contributed by atoms with Crippen molar-refractivity contribution in [2.75, 3.05) is 18.0 Å². The molecule has 0 aliphatic carbocycles. The summed E-state index contributed by atoms with van der Waals surface area (Å²) in [6.45, 7) is 1.26. The van der Waals surface area contributed by atoms with Crippen LogP contribution >= 0.6 is 0 Å². The van der Waals surface area contributed by atoms with E-state index in [1.807, 2.05) is 11.0 Å². The normalized spacial score (nSPS) is 17.6. The Bertz CT molecular complexity index is 737. The predicted molar refractivity (Wildman–Crippen MR) is 82.4 cm³/mol. The van der Waals surface area contributed by atoms with Gasteiger partial charge in [0, 0.05) is 25.3 Å². The second-order valence-electron chi connectivity index (χ2n) is 5.52. The van der Waals surface area contributed by atoms with Crippen molar-refractivity contribution in [1.29, 1.82) is 5.26 Å². The van der Waals surface area contributed by atoms with E-state index in [1.165, 1.54) is 18.5 Å². The second kappa shape index (κ2) is 6.48. The smallest absolute Gasteiger partial charge is 0.254 e. The van der Waals surface area contributed by atoms with Gasteiger partial charge in [-0.1, -0.05) is 0 Å². The third-order valence-electron chi connectivity index (χ3n) is 3.93. The van der Waals surface area contributed by atoms with Crippen LogP contribution in [0, 0.1) is 17.1 Å². The fourth-order valence-corrected chi connectivity index (χ4v) is 2.79. The zero-order valence-electron chi connectivity index (χ0n) is 12.4. The number of halogens is 1. The average Bonchev–Trinajstić information content (AvgIpc) is 3.09. The Kier molecular flexibility index (Phi) is 4.24. The van der Waals surface area contributed by atoms with E-state index >= 15 is 0 Å². The molecule has 0 unspecified atom stereocenters. The van der Waals surface area contributed by atoms with E-state index in [-0.39, 0.29) is 11.9 Å². The summed E-state index contributed by atoms with van der Waals surface area (Å²) in [7, 11) is 0. The molecule has 1 amide bonds. The maximum Gasteiger partial charge on any atom is 0.254 e. The summed E-state index contributed by atoms with van der Waals surface area (Å²) in [4.78, 5) is 14.0. The summed E-state index contributed by atoms with van der Waals surface area (Å²) in [6, 6.07) is 6.33. The Morgan fingerprint density at radius 2 is 2.39 bits per heavy atom. The van der Waals surface area contributed by atoms with Gasteiger partial charge in [0.05, 0.1) is 29.1 Å². The molecule has 1 aliphatic rings. The van der Waals surface area contributed by atoms with Crippen LogP contribution in [-0.2, 0) is 0 Å². The van der Waals surface area contributed by atoms with Gasteiger partial charge in [0.25, 0.3) is 5.91 Å². The number of nitrogens with zero attached hydrogens (tertiary/aromatic N) is 3. The van der Waals surface area contributed by atoms with Gasteiger partial charge in [0.2, 0.25) is 0 Å². The van der Waals surface area contributed by atoms with Crippen molar-refractivity contribution in [2.24, 2.45) is 0 Å². The highest BCUT2D eigenvalue weighted by Gasteiger charge is 2.24. The van der Waals surface area contributed by atoms with Gasteiger partial charge >= 0.3 is 0 Å². The van der Waals surface area contributed by atoms with E-state index in [0.29, 0.717) is 23.4 Å². The summed E-state index contributed by atoms with van der Waals surface area (Å²) in [5.74, 6) is -0.600. The van der Waals surface area contributed by atoms with Crippen LogP contribution in [-0.4, -0.2) is 35.2 Å². The van der Waals surface area contributed by atoms with Gasteiger partial charge in [-0.15, -0.1) is 0 Å².